The van der Waals surface area contributed by atoms with Gasteiger partial charge < -0.3 is 18.6 Å². The summed E-state index contributed by atoms with van der Waals surface area (Å²) in [7, 11) is -1.96. The van der Waals surface area contributed by atoms with Crippen molar-refractivity contribution in [3.05, 3.63) is 12.3 Å². The van der Waals surface area contributed by atoms with Gasteiger partial charge in [-0.15, -0.1) is 0 Å². The van der Waals surface area contributed by atoms with Crippen LogP contribution in [0, 0.1) is 0 Å². The van der Waals surface area contributed by atoms with Gasteiger partial charge in [0.15, 0.2) is 18.3 Å². The van der Waals surface area contributed by atoms with Crippen molar-refractivity contribution in [1.82, 2.24) is 0 Å². The summed E-state index contributed by atoms with van der Waals surface area (Å²) in [5.41, 5.74) is 1.51. The van der Waals surface area contributed by atoms with Gasteiger partial charge in [0.25, 0.3) is 0 Å². The van der Waals surface area contributed by atoms with Gasteiger partial charge in [-0.25, -0.2) is 4.79 Å². The van der Waals surface area contributed by atoms with E-state index in [9.17, 15) is 4.79 Å². The van der Waals surface area contributed by atoms with Crippen molar-refractivity contribution in [1.29, 1.82) is 0 Å². The molecule has 1 unspecified atom stereocenters. The molecule has 0 aromatic heterocycles. The molecule has 0 spiro atoms. The van der Waals surface area contributed by atoms with Gasteiger partial charge in [-0.1, -0.05) is 41.5 Å². The summed E-state index contributed by atoms with van der Waals surface area (Å²) in [6.07, 6.45) is 1.60. The van der Waals surface area contributed by atoms with Crippen LogP contribution in [0.4, 0.5) is 4.79 Å². The molecule has 2 rings (SSSR count). The van der Waals surface area contributed by atoms with Crippen molar-refractivity contribution >= 4 is 14.5 Å². The second-order valence-corrected chi connectivity index (χ2v) is 12.5. The van der Waals surface area contributed by atoms with E-state index in [4.69, 9.17) is 18.6 Å². The van der Waals surface area contributed by atoms with Crippen LogP contribution in [0.3, 0.4) is 0 Å². The van der Waals surface area contributed by atoms with E-state index in [0.717, 1.165) is 0 Å². The zero-order valence-electron chi connectivity index (χ0n) is 14.4. The molecule has 0 aromatic carbocycles. The van der Waals surface area contributed by atoms with E-state index >= 15 is 0 Å². The van der Waals surface area contributed by atoms with Crippen molar-refractivity contribution in [3.63, 3.8) is 0 Å². The fourth-order valence-corrected chi connectivity index (χ4v) is 9.44. The minimum Gasteiger partial charge on any atom is -0.492 e. The Morgan fingerprint density at radius 3 is 2.23 bits per heavy atom. The molecule has 126 valence electrons. The predicted molar refractivity (Wildman–Crippen MR) is 86.2 cm³/mol. The maximum absolute atomic E-state index is 11.3. The first-order chi connectivity index (χ1) is 10.3. The smallest absolute Gasteiger partial charge is 0.492 e. The Morgan fingerprint density at radius 2 is 1.68 bits per heavy atom. The quantitative estimate of drug-likeness (QED) is 0.545. The number of fused-ring (bicyclic) bond motifs is 1. The van der Waals surface area contributed by atoms with Crippen molar-refractivity contribution in [2.24, 2.45) is 0 Å². The van der Waals surface area contributed by atoms with E-state index in [1.165, 1.54) is 0 Å². The summed E-state index contributed by atoms with van der Waals surface area (Å²) in [4.78, 5) is 11.3. The van der Waals surface area contributed by atoms with Crippen molar-refractivity contribution in [2.75, 3.05) is 6.61 Å². The average Bonchev–Trinajstić information content (AvgIpc) is 2.79. The molecule has 2 aliphatic heterocycles. The fraction of sp³-hybridized carbons (Fsp3) is 0.812. The largest absolute Gasteiger partial charge is 0.509 e. The number of hydrogen-bond donors (Lipinski definition) is 0. The van der Waals surface area contributed by atoms with E-state index in [1.807, 2.05) is 0 Å². The van der Waals surface area contributed by atoms with Crippen molar-refractivity contribution in [3.8, 4) is 0 Å². The van der Waals surface area contributed by atoms with E-state index in [-0.39, 0.29) is 12.2 Å². The fourth-order valence-electron chi connectivity index (χ4n) is 3.98. The van der Waals surface area contributed by atoms with Gasteiger partial charge in [0.1, 0.15) is 0 Å². The lowest BCUT2D eigenvalue weighted by Gasteiger charge is -2.43. The third-order valence-corrected chi connectivity index (χ3v) is 11.0. The summed E-state index contributed by atoms with van der Waals surface area (Å²) in [6, 6.07) is 0. The van der Waals surface area contributed by atoms with Gasteiger partial charge >= 0.3 is 6.16 Å². The molecule has 1 fully saturated rings. The summed E-state index contributed by atoms with van der Waals surface area (Å²) >= 11 is 0. The van der Waals surface area contributed by atoms with E-state index in [2.05, 4.69) is 41.5 Å². The molecule has 22 heavy (non-hydrogen) atoms. The Balaban J connectivity index is 2.09. The summed E-state index contributed by atoms with van der Waals surface area (Å²) in [6.45, 7) is 13.9. The lowest BCUT2D eigenvalue weighted by Crippen LogP contribution is -2.51. The molecule has 2 aliphatic rings. The van der Waals surface area contributed by atoms with E-state index < -0.39 is 20.6 Å². The van der Waals surface area contributed by atoms with Crippen LogP contribution < -0.4 is 0 Å². The molecule has 1 saturated heterocycles. The molecule has 0 radical (unpaired) electrons. The predicted octanol–water partition coefficient (Wildman–Crippen LogP) is 4.00. The Morgan fingerprint density at radius 1 is 1.09 bits per heavy atom. The molecule has 0 bridgehead atoms. The molecule has 6 heteroatoms. The summed E-state index contributed by atoms with van der Waals surface area (Å²) in [5, 5.41) is 0. The first-order valence-corrected chi connectivity index (χ1v) is 10.3. The van der Waals surface area contributed by atoms with Gasteiger partial charge in [0.2, 0.25) is 8.32 Å². The highest BCUT2D eigenvalue weighted by molar-refractivity contribution is 6.77. The van der Waals surface area contributed by atoms with E-state index in [0.29, 0.717) is 23.2 Å². The number of carbonyl (C=O) groups is 1. The summed E-state index contributed by atoms with van der Waals surface area (Å²) in [5.74, 6) is 0. The van der Waals surface area contributed by atoms with Crippen LogP contribution in [0.25, 0.3) is 0 Å². The van der Waals surface area contributed by atoms with Crippen molar-refractivity contribution in [2.45, 2.75) is 76.5 Å². The first-order valence-electron chi connectivity index (χ1n) is 8.12. The van der Waals surface area contributed by atoms with Gasteiger partial charge in [0.05, 0.1) is 12.9 Å². The Bertz CT molecular complexity index is 410. The van der Waals surface area contributed by atoms with Crippen LogP contribution in [-0.2, 0) is 18.6 Å². The number of rotatable bonds is 6. The highest BCUT2D eigenvalue weighted by Gasteiger charge is 2.48. The second-order valence-electron chi connectivity index (χ2n) is 7.05. The average molecular weight is 328 g/mol. The number of hydrogen-bond acceptors (Lipinski definition) is 5. The zero-order chi connectivity index (χ0) is 16.5. The van der Waals surface area contributed by atoms with Gasteiger partial charge in [-0.05, 0) is 22.7 Å². The normalized spacial score (nSPS) is 27.9. The van der Waals surface area contributed by atoms with E-state index in [1.54, 1.807) is 12.3 Å². The highest BCUT2D eigenvalue weighted by Crippen LogP contribution is 2.42. The SMILES string of the molecule is CC(C)[Si](OCC1OC=C[C@H]2OC(=O)O[C@@H]12)(C(C)C)C(C)C. The Labute approximate surface area is 134 Å². The van der Waals surface area contributed by atoms with Gasteiger partial charge in [-0.3, -0.25) is 0 Å². The summed E-state index contributed by atoms with van der Waals surface area (Å²) < 4.78 is 22.5. The molecule has 0 N–H and O–H groups in total. The van der Waals surface area contributed by atoms with Gasteiger partial charge in [-0.2, -0.15) is 0 Å². The van der Waals surface area contributed by atoms with Crippen molar-refractivity contribution < 1.29 is 23.4 Å². The minimum absolute atomic E-state index is 0.301. The molecule has 0 amide bonds. The van der Waals surface area contributed by atoms with Crippen LogP contribution in [-0.4, -0.2) is 39.4 Å². The van der Waals surface area contributed by atoms with Gasteiger partial charge in [0, 0.05) is 0 Å². The standard InChI is InChI=1S/C16H28O5Si/c1-10(2)22(11(3)4,12(5)6)19-9-14-15-13(7-8-18-14)20-16(17)21-15/h7-8,10-15H,9H2,1-6H3/t13-,14?,15-/m1/s1. The maximum Gasteiger partial charge on any atom is 0.509 e. The topological polar surface area (TPSA) is 54.0 Å². The van der Waals surface area contributed by atoms with Crippen LogP contribution in [0.5, 0.6) is 0 Å². The highest BCUT2D eigenvalue weighted by atomic mass is 28.4. The Hall–Kier alpha value is -1.01. The molecule has 2 heterocycles. The van der Waals surface area contributed by atoms with Crippen LogP contribution in [0.2, 0.25) is 16.6 Å². The van der Waals surface area contributed by atoms with Crippen LogP contribution in [0.15, 0.2) is 12.3 Å². The monoisotopic (exact) mass is 328 g/mol. The minimum atomic E-state index is -1.96. The Kier molecular flexibility index (Phi) is 5.22. The molecule has 0 aromatic rings. The molecule has 0 saturated carbocycles. The molecular formula is C16H28O5Si. The molecular weight excluding hydrogens is 300 g/mol. The third kappa shape index (κ3) is 3.04. The van der Waals surface area contributed by atoms with Crippen LogP contribution >= 0.6 is 0 Å². The lowest BCUT2D eigenvalue weighted by molar-refractivity contribution is -0.0288. The van der Waals surface area contributed by atoms with Crippen LogP contribution in [0.1, 0.15) is 41.5 Å². The number of carbonyl (C=O) groups excluding carboxylic acids is 1. The maximum atomic E-state index is 11.3. The second kappa shape index (κ2) is 6.62. The first kappa shape index (κ1) is 17.3. The lowest BCUT2D eigenvalue weighted by atomic mass is 10.1. The third-order valence-electron chi connectivity index (χ3n) is 4.88. The zero-order valence-corrected chi connectivity index (χ0v) is 15.4. The number of ether oxygens (including phenoxy) is 3. The molecule has 5 nitrogen and oxygen atoms in total. The molecule has 0 aliphatic carbocycles. The molecule has 3 atom stereocenters.